The molecule has 6 heteroatoms. The highest BCUT2D eigenvalue weighted by molar-refractivity contribution is 5.98. The molecule has 0 aliphatic carbocycles. The summed E-state index contributed by atoms with van der Waals surface area (Å²) in [6, 6.07) is 5.20. The maximum absolute atomic E-state index is 11.9. The fourth-order valence-electron chi connectivity index (χ4n) is 2.13. The first-order chi connectivity index (χ1) is 10.2. The van der Waals surface area contributed by atoms with Gasteiger partial charge in [-0.2, -0.15) is 0 Å². The summed E-state index contributed by atoms with van der Waals surface area (Å²) < 4.78 is 9.76. The summed E-state index contributed by atoms with van der Waals surface area (Å²) in [4.78, 5) is 34.7. The molecule has 0 bridgehead atoms. The zero-order valence-electron chi connectivity index (χ0n) is 13.1. The Kier molecular flexibility index (Phi) is 4.21. The van der Waals surface area contributed by atoms with Crippen molar-refractivity contribution in [2.75, 3.05) is 5.32 Å². The summed E-state index contributed by atoms with van der Waals surface area (Å²) in [6.07, 6.45) is -0.550. The third-order valence-corrected chi connectivity index (χ3v) is 3.17. The second kappa shape index (κ2) is 5.79. The molecule has 1 aliphatic rings. The first-order valence-electron chi connectivity index (χ1n) is 7.01. The van der Waals surface area contributed by atoms with E-state index in [4.69, 9.17) is 4.74 Å². The van der Waals surface area contributed by atoms with Gasteiger partial charge in [-0.05, 0) is 44.9 Å². The van der Waals surface area contributed by atoms with E-state index in [0.29, 0.717) is 11.3 Å². The Labute approximate surface area is 128 Å². The molecule has 1 aliphatic heterocycles. The lowest BCUT2D eigenvalue weighted by molar-refractivity contribution is -0.152. The zero-order chi connectivity index (χ0) is 16.5. The van der Waals surface area contributed by atoms with E-state index >= 15 is 0 Å². The maximum atomic E-state index is 11.9. The van der Waals surface area contributed by atoms with Crippen molar-refractivity contribution in [2.45, 2.75) is 45.6 Å². The van der Waals surface area contributed by atoms with Crippen molar-refractivity contribution in [2.24, 2.45) is 0 Å². The van der Waals surface area contributed by atoms with Crippen LogP contribution in [-0.2, 0) is 19.1 Å². The van der Waals surface area contributed by atoms with Crippen LogP contribution in [0.5, 0.6) is 0 Å². The molecule has 6 nitrogen and oxygen atoms in total. The van der Waals surface area contributed by atoms with Crippen LogP contribution >= 0.6 is 0 Å². The Balaban J connectivity index is 2.19. The number of hydrogen-bond acceptors (Lipinski definition) is 5. The maximum Gasteiger partial charge on any atom is 0.412 e. The molecule has 1 N–H and O–H groups in total. The lowest BCUT2D eigenvalue weighted by Gasteiger charge is -2.20. The number of nitrogens with one attached hydrogen (secondary N) is 1. The molecular formula is C16H19NO5. The molecule has 1 aromatic rings. The molecule has 1 fully saturated rings. The van der Waals surface area contributed by atoms with Gasteiger partial charge in [-0.1, -0.05) is 12.1 Å². The quantitative estimate of drug-likeness (QED) is 0.671. The van der Waals surface area contributed by atoms with Gasteiger partial charge in [0.15, 0.2) is 0 Å². The monoisotopic (exact) mass is 305 g/mol. The number of hydrogen-bond donors (Lipinski definition) is 1. The van der Waals surface area contributed by atoms with E-state index < -0.39 is 29.6 Å². The van der Waals surface area contributed by atoms with Crippen LogP contribution in [0.25, 0.3) is 0 Å². The number of carbonyl (C=O) groups is 3. The van der Waals surface area contributed by atoms with Crippen LogP contribution in [0.2, 0.25) is 0 Å². The van der Waals surface area contributed by atoms with E-state index in [2.05, 4.69) is 10.1 Å². The summed E-state index contributed by atoms with van der Waals surface area (Å²) in [5.74, 6) is -1.71. The summed E-state index contributed by atoms with van der Waals surface area (Å²) in [6.45, 7) is 7.15. The van der Waals surface area contributed by atoms with Crippen LogP contribution in [0, 0.1) is 6.92 Å². The van der Waals surface area contributed by atoms with Gasteiger partial charge in [0, 0.05) is 5.69 Å². The van der Waals surface area contributed by atoms with Crippen LogP contribution in [0.1, 0.15) is 44.2 Å². The van der Waals surface area contributed by atoms with Crippen molar-refractivity contribution >= 4 is 23.7 Å². The van der Waals surface area contributed by atoms with Crippen molar-refractivity contribution in [3.05, 3.63) is 29.3 Å². The molecule has 0 saturated carbocycles. The van der Waals surface area contributed by atoms with Gasteiger partial charge in [-0.15, -0.1) is 0 Å². The molecule has 0 radical (unpaired) electrons. The van der Waals surface area contributed by atoms with Crippen LogP contribution in [-0.4, -0.2) is 23.6 Å². The minimum Gasteiger partial charge on any atom is -0.444 e. The highest BCUT2D eigenvalue weighted by Gasteiger charge is 2.34. The predicted octanol–water partition coefficient (Wildman–Crippen LogP) is 2.90. The Morgan fingerprint density at radius 3 is 2.55 bits per heavy atom. The standard InChI is InChI=1S/C16H19NO5/c1-9-5-6-10(11-8-13(18)21-14(11)19)7-12(9)17-15(20)22-16(2,3)4/h5-7,11H,8H2,1-4H3,(H,17,20). The SMILES string of the molecule is Cc1ccc(C2CC(=O)OC2=O)cc1NC(=O)OC(C)(C)C. The second-order valence-electron chi connectivity index (χ2n) is 6.25. The first kappa shape index (κ1) is 16.0. The number of esters is 2. The highest BCUT2D eigenvalue weighted by atomic mass is 16.6. The van der Waals surface area contributed by atoms with E-state index in [-0.39, 0.29) is 6.42 Å². The zero-order valence-corrected chi connectivity index (χ0v) is 13.1. The van der Waals surface area contributed by atoms with Crippen LogP contribution in [0.15, 0.2) is 18.2 Å². The fourth-order valence-corrected chi connectivity index (χ4v) is 2.13. The van der Waals surface area contributed by atoms with E-state index in [1.165, 1.54) is 0 Å². The summed E-state index contributed by atoms with van der Waals surface area (Å²) in [5.41, 5.74) is 1.40. The molecule has 22 heavy (non-hydrogen) atoms. The van der Waals surface area contributed by atoms with E-state index in [1.54, 1.807) is 39.0 Å². The van der Waals surface area contributed by atoms with Crippen molar-refractivity contribution in [3.63, 3.8) is 0 Å². The third-order valence-electron chi connectivity index (χ3n) is 3.17. The number of carbonyl (C=O) groups excluding carboxylic acids is 3. The molecule has 1 amide bonds. The van der Waals surface area contributed by atoms with Crippen molar-refractivity contribution < 1.29 is 23.9 Å². The lowest BCUT2D eigenvalue weighted by Crippen LogP contribution is -2.27. The number of benzene rings is 1. The predicted molar refractivity (Wildman–Crippen MR) is 79.5 cm³/mol. The van der Waals surface area contributed by atoms with E-state index in [0.717, 1.165) is 5.56 Å². The topological polar surface area (TPSA) is 81.7 Å². The molecule has 1 atom stereocenters. The number of ether oxygens (including phenoxy) is 2. The van der Waals surface area contributed by atoms with E-state index in [1.807, 2.05) is 6.92 Å². The average molecular weight is 305 g/mol. The molecular weight excluding hydrogens is 286 g/mol. The van der Waals surface area contributed by atoms with Gasteiger partial charge in [0.1, 0.15) is 5.60 Å². The number of anilines is 1. The first-order valence-corrected chi connectivity index (χ1v) is 7.01. The van der Waals surface area contributed by atoms with Gasteiger partial charge in [0.25, 0.3) is 0 Å². The van der Waals surface area contributed by atoms with E-state index in [9.17, 15) is 14.4 Å². The number of aryl methyl sites for hydroxylation is 1. The van der Waals surface area contributed by atoms with Crippen molar-refractivity contribution in [3.8, 4) is 0 Å². The molecule has 2 rings (SSSR count). The summed E-state index contributed by atoms with van der Waals surface area (Å²) in [5, 5.41) is 2.66. The molecule has 1 unspecified atom stereocenters. The molecule has 0 spiro atoms. The van der Waals surface area contributed by atoms with Gasteiger partial charge >= 0.3 is 18.0 Å². The molecule has 0 aromatic heterocycles. The third kappa shape index (κ3) is 3.84. The Hall–Kier alpha value is -2.37. The molecule has 1 saturated heterocycles. The normalized spacial score (nSPS) is 18.1. The van der Waals surface area contributed by atoms with Gasteiger partial charge in [-0.3, -0.25) is 14.9 Å². The van der Waals surface area contributed by atoms with Crippen LogP contribution in [0.4, 0.5) is 10.5 Å². The minimum absolute atomic E-state index is 0.0216. The average Bonchev–Trinajstić information content (AvgIpc) is 2.69. The molecule has 1 heterocycles. The number of amides is 1. The fraction of sp³-hybridized carbons (Fsp3) is 0.438. The van der Waals surface area contributed by atoms with Crippen LogP contribution < -0.4 is 5.32 Å². The van der Waals surface area contributed by atoms with Crippen molar-refractivity contribution in [1.82, 2.24) is 0 Å². The number of cyclic esters (lactones) is 2. The Morgan fingerprint density at radius 1 is 1.32 bits per heavy atom. The molecule has 1 aromatic carbocycles. The van der Waals surface area contributed by atoms with Crippen molar-refractivity contribution in [1.29, 1.82) is 0 Å². The van der Waals surface area contributed by atoms with Gasteiger partial charge in [0.05, 0.1) is 12.3 Å². The molecule has 118 valence electrons. The Bertz CT molecular complexity index is 630. The van der Waals surface area contributed by atoms with Gasteiger partial charge in [0.2, 0.25) is 0 Å². The minimum atomic E-state index is -0.618. The number of rotatable bonds is 2. The highest BCUT2D eigenvalue weighted by Crippen LogP contribution is 2.30. The largest absolute Gasteiger partial charge is 0.444 e. The van der Waals surface area contributed by atoms with Gasteiger partial charge < -0.3 is 9.47 Å². The summed E-state index contributed by atoms with van der Waals surface area (Å²) >= 11 is 0. The van der Waals surface area contributed by atoms with Gasteiger partial charge in [-0.25, -0.2) is 4.79 Å². The smallest absolute Gasteiger partial charge is 0.412 e. The van der Waals surface area contributed by atoms with Crippen LogP contribution in [0.3, 0.4) is 0 Å². The Morgan fingerprint density at radius 2 is 2.00 bits per heavy atom. The lowest BCUT2D eigenvalue weighted by atomic mass is 9.96. The second-order valence-corrected chi connectivity index (χ2v) is 6.25. The summed E-state index contributed by atoms with van der Waals surface area (Å²) in [7, 11) is 0.